The molecule has 7 rings (SSSR count). The fourth-order valence-corrected chi connectivity index (χ4v) is 10.2. The van der Waals surface area contributed by atoms with Gasteiger partial charge in [0.1, 0.15) is 23.9 Å². The van der Waals surface area contributed by atoms with E-state index in [0.29, 0.717) is 43.1 Å². The normalized spacial score (nSPS) is 24.4. The lowest BCUT2D eigenvalue weighted by Crippen LogP contribution is -2.64. The highest BCUT2D eigenvalue weighted by atomic mass is 32.2. The third-order valence-electron chi connectivity index (χ3n) is 11.2. The van der Waals surface area contributed by atoms with Crippen LogP contribution in [-0.4, -0.2) is 58.3 Å². The van der Waals surface area contributed by atoms with E-state index in [1.807, 2.05) is 31.2 Å². The highest BCUT2D eigenvalue weighted by molar-refractivity contribution is 8.00. The number of benzene rings is 4. The van der Waals surface area contributed by atoms with Crippen molar-refractivity contribution in [2.24, 2.45) is 22.9 Å². The average molecular weight is 779 g/mol. The lowest BCUT2D eigenvalue weighted by molar-refractivity contribution is -0.384. The van der Waals surface area contributed by atoms with Gasteiger partial charge in [0, 0.05) is 42.1 Å². The number of allylic oxidation sites excluding steroid dienone is 1. The quantitative estimate of drug-likeness (QED) is 0.0438. The summed E-state index contributed by atoms with van der Waals surface area (Å²) in [5, 5.41) is 38.1. The number of nitro benzene ring substituents is 1. The Morgan fingerprint density at radius 1 is 0.964 bits per heavy atom. The Labute approximate surface area is 332 Å². The Morgan fingerprint density at radius 3 is 2.52 bits per heavy atom. The summed E-state index contributed by atoms with van der Waals surface area (Å²) in [4.78, 5) is 18.1. The highest BCUT2D eigenvalue weighted by Crippen LogP contribution is 2.63. The van der Waals surface area contributed by atoms with Crippen LogP contribution in [-0.2, 0) is 9.57 Å². The van der Waals surface area contributed by atoms with E-state index in [2.05, 4.69) is 49.1 Å². The second-order valence-corrected chi connectivity index (χ2v) is 15.9. The summed E-state index contributed by atoms with van der Waals surface area (Å²) in [5.74, 6) is 0.290. The van der Waals surface area contributed by atoms with Gasteiger partial charge in [-0.05, 0) is 97.2 Å². The van der Waals surface area contributed by atoms with Crippen molar-refractivity contribution in [1.29, 1.82) is 0 Å². The summed E-state index contributed by atoms with van der Waals surface area (Å²) < 4.78 is 20.7. The van der Waals surface area contributed by atoms with Gasteiger partial charge in [0.2, 0.25) is 5.79 Å². The number of nitrogens with zero attached hydrogens (tertiary/aromatic N) is 2. The molecule has 1 saturated carbocycles. The molecule has 0 radical (unpaired) electrons. The second-order valence-electron chi connectivity index (χ2n) is 14.6. The van der Waals surface area contributed by atoms with Gasteiger partial charge < -0.3 is 29.3 Å². The summed E-state index contributed by atoms with van der Waals surface area (Å²) in [6.07, 6.45) is 9.47. The predicted octanol–water partition coefficient (Wildman–Crippen LogP) is 9.99. The van der Waals surface area contributed by atoms with Crippen molar-refractivity contribution in [1.82, 2.24) is 0 Å². The van der Waals surface area contributed by atoms with E-state index in [4.69, 9.17) is 24.2 Å². The van der Waals surface area contributed by atoms with Gasteiger partial charge in [-0.15, -0.1) is 18.3 Å². The number of aliphatic hydroxyl groups excluding tert-OH is 2. The van der Waals surface area contributed by atoms with Gasteiger partial charge in [-0.3, -0.25) is 10.1 Å². The second kappa shape index (κ2) is 18.1. The molecule has 4 aromatic carbocycles. The van der Waals surface area contributed by atoms with E-state index in [1.165, 1.54) is 17.5 Å². The molecular weight excluding hydrogens is 729 g/mol. The van der Waals surface area contributed by atoms with Crippen molar-refractivity contribution in [3.63, 3.8) is 0 Å². The van der Waals surface area contributed by atoms with E-state index in [1.54, 1.807) is 30.0 Å². The van der Waals surface area contributed by atoms with Crippen molar-refractivity contribution in [2.45, 2.75) is 73.7 Å². The number of non-ortho nitro benzene ring substituents is 1. The molecule has 56 heavy (non-hydrogen) atoms. The van der Waals surface area contributed by atoms with Crippen molar-refractivity contribution in [3.05, 3.63) is 125 Å². The molecule has 0 aromatic heterocycles. The summed E-state index contributed by atoms with van der Waals surface area (Å²) >= 11 is 1.73. The highest BCUT2D eigenvalue weighted by Gasteiger charge is 2.64. The van der Waals surface area contributed by atoms with Gasteiger partial charge in [-0.25, -0.2) is 0 Å². The number of aliphatic hydroxyl groups is 2. The van der Waals surface area contributed by atoms with Crippen molar-refractivity contribution >= 4 is 33.9 Å². The van der Waals surface area contributed by atoms with Crippen molar-refractivity contribution in [2.75, 3.05) is 26.4 Å². The van der Waals surface area contributed by atoms with Crippen LogP contribution in [0.4, 0.5) is 5.69 Å². The smallest absolute Gasteiger partial charge is 0.273 e. The maximum atomic E-state index is 11.6. The number of hydrogen-bond donors (Lipinski definition) is 2. The lowest BCUT2D eigenvalue weighted by atomic mass is 9.56. The third kappa shape index (κ3) is 8.23. The lowest BCUT2D eigenvalue weighted by Gasteiger charge is -2.58. The molecule has 1 fully saturated rings. The van der Waals surface area contributed by atoms with Gasteiger partial charge >= 0.3 is 0 Å². The van der Waals surface area contributed by atoms with E-state index >= 15 is 0 Å². The first kappa shape index (κ1) is 39.6. The minimum atomic E-state index is -1.13. The molecule has 4 aromatic rings. The number of rotatable bonds is 18. The first-order chi connectivity index (χ1) is 27.4. The number of oxime groups is 1. The molecule has 10 nitrogen and oxygen atoms in total. The summed E-state index contributed by atoms with van der Waals surface area (Å²) in [6.45, 7) is 6.89. The zero-order valence-corrected chi connectivity index (χ0v) is 32.6. The molecule has 294 valence electrons. The average Bonchev–Trinajstić information content (AvgIpc) is 3.21. The fourth-order valence-electron chi connectivity index (χ4n) is 8.83. The maximum absolute atomic E-state index is 11.6. The summed E-state index contributed by atoms with van der Waals surface area (Å²) in [6, 6.07) is 26.8. The number of fused-ring (bicyclic) bond motifs is 3. The first-order valence-electron chi connectivity index (χ1n) is 19.7. The predicted molar refractivity (Wildman–Crippen MR) is 220 cm³/mol. The minimum Gasteiger partial charge on any atom is -0.460 e. The number of nitro groups is 1. The molecule has 6 atom stereocenters. The summed E-state index contributed by atoms with van der Waals surface area (Å²) in [7, 11) is 0. The van der Waals surface area contributed by atoms with Crippen LogP contribution in [0.1, 0.15) is 63.4 Å². The Balaban J connectivity index is 1.41. The maximum Gasteiger partial charge on any atom is 0.273 e. The Morgan fingerprint density at radius 2 is 1.75 bits per heavy atom. The fraction of sp³-hybridized carbons (Fsp3) is 0.400. The summed E-state index contributed by atoms with van der Waals surface area (Å²) in [5.41, 5.74) is 2.83. The number of hydrogen-bond acceptors (Lipinski definition) is 10. The molecule has 0 unspecified atom stereocenters. The van der Waals surface area contributed by atoms with Crippen molar-refractivity contribution in [3.8, 4) is 17.2 Å². The molecule has 11 heteroatoms. The molecule has 2 N–H and O–H groups in total. The van der Waals surface area contributed by atoms with E-state index in [0.717, 1.165) is 52.8 Å². The Kier molecular flexibility index (Phi) is 12.8. The monoisotopic (exact) mass is 778 g/mol. The van der Waals surface area contributed by atoms with Crippen molar-refractivity contribution < 1.29 is 34.2 Å². The van der Waals surface area contributed by atoms with E-state index in [9.17, 15) is 20.3 Å². The largest absolute Gasteiger partial charge is 0.460 e. The van der Waals surface area contributed by atoms with Crippen LogP contribution in [0.2, 0.25) is 0 Å². The third-order valence-corrected chi connectivity index (χ3v) is 12.5. The first-order valence-corrected chi connectivity index (χ1v) is 20.5. The molecule has 0 spiro atoms. The molecule has 1 heterocycles. The minimum absolute atomic E-state index is 0.0528. The van der Waals surface area contributed by atoms with Crippen LogP contribution in [0, 0.1) is 27.9 Å². The Bertz CT molecular complexity index is 2090. The molecule has 0 amide bonds. The van der Waals surface area contributed by atoms with Gasteiger partial charge in [0.05, 0.1) is 34.5 Å². The van der Waals surface area contributed by atoms with Crippen LogP contribution < -0.4 is 9.47 Å². The molecule has 1 aliphatic heterocycles. The molecule has 3 aliphatic rings. The molecular formula is C45H50N2O8S. The van der Waals surface area contributed by atoms with Crippen LogP contribution in [0.25, 0.3) is 10.8 Å². The molecule has 0 bridgehead atoms. The number of ether oxygens (including phenoxy) is 3. The van der Waals surface area contributed by atoms with Gasteiger partial charge in [0.25, 0.3) is 5.69 Å². The van der Waals surface area contributed by atoms with Crippen LogP contribution in [0.3, 0.4) is 0 Å². The van der Waals surface area contributed by atoms with E-state index < -0.39 is 10.7 Å². The van der Waals surface area contributed by atoms with Gasteiger partial charge in [0.15, 0.2) is 0 Å². The topological polar surface area (TPSA) is 133 Å². The van der Waals surface area contributed by atoms with E-state index in [-0.39, 0.29) is 54.4 Å². The zero-order chi connectivity index (χ0) is 39.1. The zero-order valence-electron chi connectivity index (χ0n) is 31.8. The molecule has 0 saturated heterocycles. The van der Waals surface area contributed by atoms with Crippen LogP contribution in [0.15, 0.2) is 119 Å². The SMILES string of the molecule is C=CCO[C@@]12Oc3ccc(Oc4cccc([N+](=O)[O-])c4)cc3[C@H]3[C@H](CCCCO)[C@@H](CCCCO)C=C(C(=NOCC)C[C@@H]1Sc1ccc4ccccc4c1)[C@H]32. The van der Waals surface area contributed by atoms with Gasteiger partial charge in [-0.1, -0.05) is 66.5 Å². The van der Waals surface area contributed by atoms with Gasteiger partial charge in [-0.2, -0.15) is 0 Å². The Hall–Kier alpha value is -4.68. The van der Waals surface area contributed by atoms with Crippen LogP contribution >= 0.6 is 11.8 Å². The molecule has 2 aliphatic carbocycles. The number of unbranched alkanes of at least 4 members (excludes halogenated alkanes) is 2. The standard InChI is InChI=1S/C45H50N2O8S/c1-3-24-52-45-42(56-36-20-18-30-12-5-6-13-31(30)25-36)29-40(46-53-4-2)38-26-32(14-7-9-22-48)37(17-8-10-23-49)43(44(38)45)39-28-35(19-21-41(39)55-45)54-34-16-11-15-33(27-34)47(50)51/h3,5-6,11-13,15-16,18-21,25-28,32,37,42-44,48-49H,1,4,7-10,14,17,22-24,29H2,2H3/t32-,37+,42-,43+,44+,45+/m0/s1. The number of thioether (sulfide) groups is 1. The van der Waals surface area contributed by atoms with Crippen LogP contribution in [0.5, 0.6) is 17.2 Å².